The summed E-state index contributed by atoms with van der Waals surface area (Å²) in [5.74, 6) is 0.783. The molecule has 0 N–H and O–H groups in total. The van der Waals surface area contributed by atoms with Gasteiger partial charge in [0.25, 0.3) is 5.91 Å². The van der Waals surface area contributed by atoms with Crippen LogP contribution in [0, 0.1) is 5.92 Å². The maximum Gasteiger partial charge on any atom is 0.251 e. The van der Waals surface area contributed by atoms with Crippen molar-refractivity contribution in [2.75, 3.05) is 26.2 Å². The van der Waals surface area contributed by atoms with Gasteiger partial charge in [0, 0.05) is 31.7 Å². The van der Waals surface area contributed by atoms with Crippen molar-refractivity contribution in [3.8, 4) is 0 Å². The van der Waals surface area contributed by atoms with Gasteiger partial charge in [0.15, 0.2) is 0 Å². The molecule has 0 saturated carbocycles. The van der Waals surface area contributed by atoms with E-state index >= 15 is 0 Å². The molecule has 0 bridgehead atoms. The van der Waals surface area contributed by atoms with E-state index in [0.717, 1.165) is 58.4 Å². The van der Waals surface area contributed by atoms with Crippen molar-refractivity contribution in [3.05, 3.63) is 24.2 Å². The van der Waals surface area contributed by atoms with Crippen LogP contribution < -0.4 is 0 Å². The van der Waals surface area contributed by atoms with E-state index in [0.29, 0.717) is 5.92 Å². The van der Waals surface area contributed by atoms with Crippen molar-refractivity contribution < 1.29 is 13.9 Å². The molecule has 0 unspecified atom stereocenters. The second-order valence-electron chi connectivity index (χ2n) is 6.85. The summed E-state index contributed by atoms with van der Waals surface area (Å²) in [6.07, 6.45) is 7.89. The SMILES string of the molecule is O=C([C@@H]1C[C@H]2CCN(Cc3ccoc3)C[C@@H]2O1)N1CCCC1. The Hall–Kier alpha value is -1.33. The van der Waals surface area contributed by atoms with Crippen LogP contribution in [0.4, 0.5) is 0 Å². The molecule has 0 aromatic carbocycles. The quantitative estimate of drug-likeness (QED) is 0.855. The maximum absolute atomic E-state index is 12.5. The first-order valence-electron chi connectivity index (χ1n) is 8.47. The van der Waals surface area contributed by atoms with Crippen LogP contribution in [-0.4, -0.2) is 54.1 Å². The van der Waals surface area contributed by atoms with Crippen molar-refractivity contribution in [1.29, 1.82) is 0 Å². The Labute approximate surface area is 131 Å². The Bertz CT molecular complexity index is 510. The number of carbonyl (C=O) groups is 1. The van der Waals surface area contributed by atoms with Gasteiger partial charge in [0.05, 0.1) is 18.6 Å². The van der Waals surface area contributed by atoms with Crippen molar-refractivity contribution >= 4 is 5.91 Å². The first-order chi connectivity index (χ1) is 10.8. The lowest BCUT2D eigenvalue weighted by atomic mass is 9.91. The molecule has 5 nitrogen and oxygen atoms in total. The second kappa shape index (κ2) is 6.05. The minimum absolute atomic E-state index is 0.193. The summed E-state index contributed by atoms with van der Waals surface area (Å²) in [4.78, 5) is 16.9. The molecule has 1 aromatic rings. The summed E-state index contributed by atoms with van der Waals surface area (Å²) < 4.78 is 11.3. The van der Waals surface area contributed by atoms with Crippen LogP contribution in [0.3, 0.4) is 0 Å². The number of likely N-dealkylation sites (tertiary alicyclic amines) is 2. The third kappa shape index (κ3) is 2.79. The van der Waals surface area contributed by atoms with E-state index in [4.69, 9.17) is 9.15 Å². The van der Waals surface area contributed by atoms with Gasteiger partial charge >= 0.3 is 0 Å². The van der Waals surface area contributed by atoms with Gasteiger partial charge < -0.3 is 14.1 Å². The molecular weight excluding hydrogens is 280 g/mol. The Morgan fingerprint density at radius 1 is 1.27 bits per heavy atom. The maximum atomic E-state index is 12.5. The highest BCUT2D eigenvalue weighted by Crippen LogP contribution is 2.34. The first kappa shape index (κ1) is 14.3. The molecule has 4 rings (SSSR count). The van der Waals surface area contributed by atoms with E-state index in [1.54, 1.807) is 12.5 Å². The van der Waals surface area contributed by atoms with Crippen LogP contribution in [0.25, 0.3) is 0 Å². The van der Waals surface area contributed by atoms with Crippen LogP contribution in [0.1, 0.15) is 31.2 Å². The lowest BCUT2D eigenvalue weighted by Crippen LogP contribution is -2.42. The van der Waals surface area contributed by atoms with Gasteiger partial charge in [-0.2, -0.15) is 0 Å². The van der Waals surface area contributed by atoms with Crippen LogP contribution in [0.2, 0.25) is 0 Å². The van der Waals surface area contributed by atoms with Crippen LogP contribution >= 0.6 is 0 Å². The molecule has 0 radical (unpaired) electrons. The first-order valence-corrected chi connectivity index (χ1v) is 8.47. The Balaban J connectivity index is 1.34. The fourth-order valence-electron chi connectivity index (χ4n) is 4.08. The zero-order chi connectivity index (χ0) is 14.9. The van der Waals surface area contributed by atoms with E-state index in [-0.39, 0.29) is 18.1 Å². The van der Waals surface area contributed by atoms with E-state index in [9.17, 15) is 4.79 Å². The van der Waals surface area contributed by atoms with Crippen LogP contribution in [-0.2, 0) is 16.1 Å². The molecule has 5 heteroatoms. The van der Waals surface area contributed by atoms with Crippen LogP contribution in [0.5, 0.6) is 0 Å². The summed E-state index contributed by atoms with van der Waals surface area (Å²) in [5.41, 5.74) is 1.21. The number of fused-ring (bicyclic) bond motifs is 1. The predicted octanol–water partition coefficient (Wildman–Crippen LogP) is 1.88. The second-order valence-corrected chi connectivity index (χ2v) is 6.85. The smallest absolute Gasteiger partial charge is 0.251 e. The lowest BCUT2D eigenvalue weighted by Gasteiger charge is -2.33. The molecule has 1 aromatic heterocycles. The molecule has 4 heterocycles. The van der Waals surface area contributed by atoms with Crippen LogP contribution in [0.15, 0.2) is 23.0 Å². The predicted molar refractivity (Wildman–Crippen MR) is 81.2 cm³/mol. The van der Waals surface area contributed by atoms with Gasteiger partial charge in [0.1, 0.15) is 6.10 Å². The highest BCUT2D eigenvalue weighted by molar-refractivity contribution is 5.81. The fraction of sp³-hybridized carbons (Fsp3) is 0.706. The summed E-state index contributed by atoms with van der Waals surface area (Å²) in [7, 11) is 0. The Kier molecular flexibility index (Phi) is 3.92. The molecule has 22 heavy (non-hydrogen) atoms. The summed E-state index contributed by atoms with van der Waals surface area (Å²) in [6.45, 7) is 4.76. The van der Waals surface area contributed by atoms with Crippen molar-refractivity contribution in [1.82, 2.24) is 9.80 Å². The number of hydrogen-bond donors (Lipinski definition) is 0. The zero-order valence-corrected chi connectivity index (χ0v) is 12.9. The lowest BCUT2D eigenvalue weighted by molar-refractivity contribution is -0.142. The summed E-state index contributed by atoms with van der Waals surface area (Å²) >= 11 is 0. The Morgan fingerprint density at radius 2 is 2.14 bits per heavy atom. The molecule has 0 spiro atoms. The molecule has 3 aliphatic heterocycles. The number of nitrogens with zero attached hydrogens (tertiary/aromatic N) is 2. The molecule has 3 aliphatic rings. The average Bonchev–Trinajstić information content (AvgIpc) is 3.27. The third-order valence-corrected chi connectivity index (χ3v) is 5.32. The number of hydrogen-bond acceptors (Lipinski definition) is 4. The molecule has 1 amide bonds. The largest absolute Gasteiger partial charge is 0.472 e. The number of ether oxygens (including phenoxy) is 1. The number of piperidine rings is 1. The van der Waals surface area contributed by atoms with Gasteiger partial charge in [0.2, 0.25) is 0 Å². The number of carbonyl (C=O) groups excluding carboxylic acids is 1. The van der Waals surface area contributed by atoms with Gasteiger partial charge in [-0.25, -0.2) is 0 Å². The van der Waals surface area contributed by atoms with Crippen molar-refractivity contribution in [3.63, 3.8) is 0 Å². The third-order valence-electron chi connectivity index (χ3n) is 5.32. The highest BCUT2D eigenvalue weighted by Gasteiger charge is 2.43. The molecule has 3 fully saturated rings. The standard InChI is InChI=1S/C17H24N2O3/c20-17(19-5-1-2-6-19)15-9-14-3-7-18(11-16(14)22-15)10-13-4-8-21-12-13/h4,8,12,14-16H,1-3,5-7,9-11H2/t14-,15+,16+/m1/s1. The topological polar surface area (TPSA) is 45.9 Å². The molecule has 3 saturated heterocycles. The molecular formula is C17H24N2O3. The summed E-state index contributed by atoms with van der Waals surface area (Å²) in [5, 5.41) is 0. The van der Waals surface area contributed by atoms with Crippen molar-refractivity contribution in [2.45, 2.75) is 44.4 Å². The highest BCUT2D eigenvalue weighted by atomic mass is 16.5. The van der Waals surface area contributed by atoms with E-state index in [1.807, 2.05) is 11.0 Å². The van der Waals surface area contributed by atoms with Gasteiger partial charge in [-0.3, -0.25) is 9.69 Å². The Morgan fingerprint density at radius 3 is 2.91 bits per heavy atom. The zero-order valence-electron chi connectivity index (χ0n) is 12.9. The summed E-state index contributed by atoms with van der Waals surface area (Å²) in [6, 6.07) is 2.02. The van der Waals surface area contributed by atoms with Gasteiger partial charge in [-0.05, 0) is 44.2 Å². The number of furan rings is 1. The van der Waals surface area contributed by atoms with E-state index in [1.165, 1.54) is 5.56 Å². The normalized spacial score (nSPS) is 32.4. The molecule has 0 aliphatic carbocycles. The molecule has 3 atom stereocenters. The fourth-order valence-corrected chi connectivity index (χ4v) is 4.08. The van der Waals surface area contributed by atoms with E-state index < -0.39 is 0 Å². The van der Waals surface area contributed by atoms with Crippen molar-refractivity contribution in [2.24, 2.45) is 5.92 Å². The van der Waals surface area contributed by atoms with Gasteiger partial charge in [-0.1, -0.05) is 0 Å². The minimum atomic E-state index is -0.193. The average molecular weight is 304 g/mol. The number of amides is 1. The van der Waals surface area contributed by atoms with E-state index in [2.05, 4.69) is 4.90 Å². The monoisotopic (exact) mass is 304 g/mol. The van der Waals surface area contributed by atoms with Gasteiger partial charge in [-0.15, -0.1) is 0 Å². The molecule has 120 valence electrons. The number of rotatable bonds is 3. The minimum Gasteiger partial charge on any atom is -0.472 e.